The molecule has 0 N–H and O–H groups in total. The maximum absolute atomic E-state index is 11.3. The molecule has 0 spiro atoms. The van der Waals surface area contributed by atoms with Crippen molar-refractivity contribution in [1.82, 2.24) is 0 Å². The van der Waals surface area contributed by atoms with E-state index in [1.807, 2.05) is 6.07 Å². The Morgan fingerprint density at radius 1 is 1.43 bits per heavy atom. The molecule has 0 radical (unpaired) electrons. The van der Waals surface area contributed by atoms with Crippen LogP contribution in [0.3, 0.4) is 0 Å². The maximum Gasteiger partial charge on any atom is 0.176 e. The van der Waals surface area contributed by atoms with E-state index in [9.17, 15) is 8.42 Å². The monoisotopic (exact) mass is 227 g/mol. The molecule has 1 aromatic rings. The van der Waals surface area contributed by atoms with Crippen LogP contribution in [0.15, 0.2) is 28.0 Å². The molecule has 0 saturated carbocycles. The molecule has 74 valence electrons. The van der Waals surface area contributed by atoms with Crippen molar-refractivity contribution in [2.45, 2.75) is 9.79 Å². The minimum atomic E-state index is -3.20. The van der Waals surface area contributed by atoms with Gasteiger partial charge in [-0.1, -0.05) is 0 Å². The first-order valence-electron chi connectivity index (χ1n) is 3.77. The van der Waals surface area contributed by atoms with E-state index in [1.165, 1.54) is 23.9 Å². The average molecular weight is 227 g/mol. The number of hydrogen-bond acceptors (Lipinski definition) is 4. The van der Waals surface area contributed by atoms with Crippen molar-refractivity contribution < 1.29 is 8.42 Å². The molecule has 5 heteroatoms. The van der Waals surface area contributed by atoms with Gasteiger partial charge in [-0.3, -0.25) is 0 Å². The third-order valence-corrected chi connectivity index (χ3v) is 3.75. The van der Waals surface area contributed by atoms with Gasteiger partial charge in [-0.05, 0) is 24.5 Å². The van der Waals surface area contributed by atoms with Gasteiger partial charge >= 0.3 is 0 Å². The Hall–Kier alpha value is -0.990. The Morgan fingerprint density at radius 3 is 2.50 bits per heavy atom. The Labute approximate surface area is 87.7 Å². The topological polar surface area (TPSA) is 57.9 Å². The highest BCUT2D eigenvalue weighted by Crippen LogP contribution is 2.25. The smallest absolute Gasteiger partial charge is 0.176 e. The summed E-state index contributed by atoms with van der Waals surface area (Å²) in [5.41, 5.74) is 0.474. The molecule has 0 aromatic heterocycles. The second-order valence-corrected chi connectivity index (χ2v) is 5.58. The zero-order valence-corrected chi connectivity index (χ0v) is 9.45. The molecular weight excluding hydrogens is 218 g/mol. The summed E-state index contributed by atoms with van der Waals surface area (Å²) in [6.07, 6.45) is 2.94. The van der Waals surface area contributed by atoms with Crippen LogP contribution in [-0.4, -0.2) is 20.9 Å². The summed E-state index contributed by atoms with van der Waals surface area (Å²) >= 11 is 1.32. The number of hydrogen-bond donors (Lipinski definition) is 0. The molecule has 0 amide bonds. The third kappa shape index (κ3) is 2.28. The minimum absolute atomic E-state index is 0.281. The fourth-order valence-electron chi connectivity index (χ4n) is 1.04. The maximum atomic E-state index is 11.3. The number of rotatable bonds is 2. The fraction of sp³-hybridized carbons (Fsp3) is 0.222. The molecule has 0 aliphatic carbocycles. The SMILES string of the molecule is CSc1cc(C#N)ccc1S(C)(=O)=O. The first kappa shape index (κ1) is 11.1. The van der Waals surface area contributed by atoms with Crippen molar-refractivity contribution in [2.75, 3.05) is 12.5 Å². The van der Waals surface area contributed by atoms with Crippen LogP contribution in [0, 0.1) is 11.3 Å². The summed E-state index contributed by atoms with van der Waals surface area (Å²) in [5, 5.41) is 8.64. The summed E-state index contributed by atoms with van der Waals surface area (Å²) < 4.78 is 22.6. The van der Waals surface area contributed by atoms with Gasteiger partial charge in [0.2, 0.25) is 0 Å². The van der Waals surface area contributed by atoms with E-state index in [0.717, 1.165) is 6.26 Å². The normalized spacial score (nSPS) is 10.9. The highest BCUT2D eigenvalue weighted by atomic mass is 32.2. The van der Waals surface area contributed by atoms with Crippen LogP contribution in [0.25, 0.3) is 0 Å². The van der Waals surface area contributed by atoms with Crippen molar-refractivity contribution >= 4 is 21.6 Å². The van der Waals surface area contributed by atoms with Crippen LogP contribution >= 0.6 is 11.8 Å². The lowest BCUT2D eigenvalue weighted by Gasteiger charge is -2.04. The molecule has 0 saturated heterocycles. The van der Waals surface area contributed by atoms with Crippen LogP contribution in [-0.2, 0) is 9.84 Å². The van der Waals surface area contributed by atoms with E-state index in [2.05, 4.69) is 0 Å². The van der Waals surface area contributed by atoms with E-state index in [0.29, 0.717) is 10.5 Å². The van der Waals surface area contributed by atoms with E-state index >= 15 is 0 Å². The number of sulfone groups is 1. The van der Waals surface area contributed by atoms with Gasteiger partial charge in [-0.2, -0.15) is 5.26 Å². The molecule has 0 fully saturated rings. The first-order chi connectivity index (χ1) is 6.49. The summed E-state index contributed by atoms with van der Waals surface area (Å²) in [5.74, 6) is 0. The van der Waals surface area contributed by atoms with Gasteiger partial charge in [0.1, 0.15) is 0 Å². The molecule has 0 aliphatic rings. The second kappa shape index (κ2) is 4.03. The van der Waals surface area contributed by atoms with Gasteiger partial charge < -0.3 is 0 Å². The van der Waals surface area contributed by atoms with Gasteiger partial charge in [0.15, 0.2) is 9.84 Å². The van der Waals surface area contributed by atoms with Crippen molar-refractivity contribution in [1.29, 1.82) is 5.26 Å². The van der Waals surface area contributed by atoms with Crippen molar-refractivity contribution in [3.63, 3.8) is 0 Å². The minimum Gasteiger partial charge on any atom is -0.224 e. The van der Waals surface area contributed by atoms with Gasteiger partial charge in [0, 0.05) is 11.2 Å². The lowest BCUT2D eigenvalue weighted by molar-refractivity contribution is 0.600. The molecule has 0 aliphatic heterocycles. The van der Waals surface area contributed by atoms with E-state index in [-0.39, 0.29) is 4.90 Å². The Balaban J connectivity index is 3.42. The predicted molar refractivity (Wildman–Crippen MR) is 56.0 cm³/mol. The highest BCUT2D eigenvalue weighted by molar-refractivity contribution is 7.99. The second-order valence-electron chi connectivity index (χ2n) is 2.75. The third-order valence-electron chi connectivity index (χ3n) is 1.69. The van der Waals surface area contributed by atoms with Crippen LogP contribution < -0.4 is 0 Å². The lowest BCUT2D eigenvalue weighted by Crippen LogP contribution is -1.99. The van der Waals surface area contributed by atoms with Crippen LogP contribution in [0.4, 0.5) is 0 Å². The Morgan fingerprint density at radius 2 is 2.07 bits per heavy atom. The summed E-state index contributed by atoms with van der Waals surface area (Å²) in [6, 6.07) is 6.54. The van der Waals surface area contributed by atoms with E-state index in [4.69, 9.17) is 5.26 Å². The van der Waals surface area contributed by atoms with Gasteiger partial charge in [-0.25, -0.2) is 8.42 Å². The molecular formula is C9H9NO2S2. The van der Waals surface area contributed by atoms with Crippen LogP contribution in [0.1, 0.15) is 5.56 Å². The van der Waals surface area contributed by atoms with Crippen molar-refractivity contribution in [3.8, 4) is 6.07 Å². The number of benzene rings is 1. The Bertz CT molecular complexity index is 486. The molecule has 3 nitrogen and oxygen atoms in total. The fourth-order valence-corrected chi connectivity index (χ4v) is 3.00. The molecule has 14 heavy (non-hydrogen) atoms. The molecule has 0 atom stereocenters. The number of thioether (sulfide) groups is 1. The predicted octanol–water partition coefficient (Wildman–Crippen LogP) is 1.68. The number of nitrogens with zero attached hydrogens (tertiary/aromatic N) is 1. The van der Waals surface area contributed by atoms with Gasteiger partial charge in [0.25, 0.3) is 0 Å². The molecule has 0 heterocycles. The summed E-state index contributed by atoms with van der Waals surface area (Å²) in [7, 11) is -3.20. The first-order valence-corrected chi connectivity index (χ1v) is 6.89. The molecule has 1 aromatic carbocycles. The van der Waals surface area contributed by atoms with Crippen LogP contribution in [0.5, 0.6) is 0 Å². The Kier molecular flexibility index (Phi) is 3.19. The zero-order chi connectivity index (χ0) is 10.8. The summed E-state index contributed by atoms with van der Waals surface area (Å²) in [4.78, 5) is 0.899. The number of nitriles is 1. The van der Waals surface area contributed by atoms with Gasteiger partial charge in [0.05, 0.1) is 16.5 Å². The largest absolute Gasteiger partial charge is 0.224 e. The van der Waals surface area contributed by atoms with E-state index in [1.54, 1.807) is 12.3 Å². The molecule has 0 unspecified atom stereocenters. The van der Waals surface area contributed by atoms with Crippen molar-refractivity contribution in [3.05, 3.63) is 23.8 Å². The molecule has 0 bridgehead atoms. The van der Waals surface area contributed by atoms with Crippen molar-refractivity contribution in [2.24, 2.45) is 0 Å². The van der Waals surface area contributed by atoms with E-state index < -0.39 is 9.84 Å². The highest BCUT2D eigenvalue weighted by Gasteiger charge is 2.12. The van der Waals surface area contributed by atoms with Crippen LogP contribution in [0.2, 0.25) is 0 Å². The summed E-state index contributed by atoms with van der Waals surface area (Å²) in [6.45, 7) is 0. The quantitative estimate of drug-likeness (QED) is 0.721. The standard InChI is InChI=1S/C9H9NO2S2/c1-13-8-5-7(6-10)3-4-9(8)14(2,11)12/h3-5H,1-2H3. The van der Waals surface area contributed by atoms with Gasteiger partial charge in [-0.15, -0.1) is 11.8 Å². The average Bonchev–Trinajstić information content (AvgIpc) is 2.15. The lowest BCUT2D eigenvalue weighted by atomic mass is 10.2. The molecule has 1 rings (SSSR count). The zero-order valence-electron chi connectivity index (χ0n) is 7.81.